The van der Waals surface area contributed by atoms with Crippen LogP contribution < -0.4 is 11.1 Å². The summed E-state index contributed by atoms with van der Waals surface area (Å²) in [5, 5.41) is 2.74. The first-order valence-electron chi connectivity index (χ1n) is 4.37. The highest BCUT2D eigenvalue weighted by Crippen LogP contribution is 2.10. The van der Waals surface area contributed by atoms with Crippen molar-refractivity contribution in [1.82, 2.24) is 5.32 Å². The molecular weight excluding hydrogens is 279 g/mol. The minimum Gasteiger partial charge on any atom is -0.351 e. The van der Waals surface area contributed by atoms with Crippen LogP contribution in [0.15, 0.2) is 28.7 Å². The second-order valence-corrected chi connectivity index (χ2v) is 4.05. The van der Waals surface area contributed by atoms with Gasteiger partial charge < -0.3 is 11.1 Å². The van der Waals surface area contributed by atoms with Gasteiger partial charge in [0.2, 0.25) is 5.91 Å². The van der Waals surface area contributed by atoms with Crippen LogP contribution >= 0.6 is 28.3 Å². The molecule has 5 heteroatoms. The third-order valence-corrected chi connectivity index (χ3v) is 2.32. The summed E-state index contributed by atoms with van der Waals surface area (Å²) < 4.78 is 1.03. The van der Waals surface area contributed by atoms with Gasteiger partial charge in [0.15, 0.2) is 0 Å². The quantitative estimate of drug-likeness (QED) is 0.893. The number of carbonyl (C=O) groups is 1. The van der Waals surface area contributed by atoms with Crippen LogP contribution in [0.2, 0.25) is 0 Å². The number of carbonyl (C=O) groups excluding carboxylic acids is 1. The Balaban J connectivity index is 0.00000196. The number of rotatable bonds is 3. The molecule has 0 unspecified atom stereocenters. The Morgan fingerprint density at radius 3 is 2.47 bits per heavy atom. The van der Waals surface area contributed by atoms with E-state index in [1.807, 2.05) is 24.3 Å². The smallest absolute Gasteiger partial charge is 0.236 e. The molecular formula is C10H14BrClN2O. The van der Waals surface area contributed by atoms with E-state index < -0.39 is 6.04 Å². The van der Waals surface area contributed by atoms with Gasteiger partial charge in [-0.1, -0.05) is 28.1 Å². The first-order chi connectivity index (χ1) is 6.59. The van der Waals surface area contributed by atoms with E-state index in [2.05, 4.69) is 21.2 Å². The van der Waals surface area contributed by atoms with E-state index in [-0.39, 0.29) is 18.3 Å². The average Bonchev–Trinajstić information content (AvgIpc) is 2.16. The SMILES string of the molecule is C[C@H](N)C(=O)NCc1ccc(Br)cc1.Cl. The minimum absolute atomic E-state index is 0. The van der Waals surface area contributed by atoms with E-state index in [0.717, 1.165) is 10.0 Å². The summed E-state index contributed by atoms with van der Waals surface area (Å²) in [5.41, 5.74) is 6.46. The molecule has 3 nitrogen and oxygen atoms in total. The molecule has 1 amide bonds. The van der Waals surface area contributed by atoms with Crippen molar-refractivity contribution >= 4 is 34.2 Å². The standard InChI is InChI=1S/C10H13BrN2O.ClH/c1-7(12)10(14)13-6-8-2-4-9(11)5-3-8;/h2-5,7H,6,12H2,1H3,(H,13,14);1H/t7-;/m0./s1. The van der Waals surface area contributed by atoms with Crippen LogP contribution in [-0.4, -0.2) is 11.9 Å². The zero-order chi connectivity index (χ0) is 10.6. The number of halogens is 2. The molecule has 0 aromatic heterocycles. The highest BCUT2D eigenvalue weighted by Gasteiger charge is 2.05. The van der Waals surface area contributed by atoms with Gasteiger partial charge in [0.1, 0.15) is 0 Å². The van der Waals surface area contributed by atoms with E-state index in [1.54, 1.807) is 6.92 Å². The van der Waals surface area contributed by atoms with Gasteiger partial charge in [-0.15, -0.1) is 12.4 Å². The first kappa shape index (κ1) is 14.4. The van der Waals surface area contributed by atoms with Crippen LogP contribution in [0.4, 0.5) is 0 Å². The molecule has 0 bridgehead atoms. The lowest BCUT2D eigenvalue weighted by Gasteiger charge is -2.07. The molecule has 0 spiro atoms. The summed E-state index contributed by atoms with van der Waals surface area (Å²) in [6.07, 6.45) is 0. The van der Waals surface area contributed by atoms with Crippen molar-refractivity contribution in [3.05, 3.63) is 34.3 Å². The Bertz CT molecular complexity index is 314. The fourth-order valence-corrected chi connectivity index (χ4v) is 1.22. The van der Waals surface area contributed by atoms with Gasteiger partial charge in [0, 0.05) is 11.0 Å². The lowest BCUT2D eigenvalue weighted by atomic mass is 10.2. The molecule has 1 atom stereocenters. The first-order valence-corrected chi connectivity index (χ1v) is 5.16. The van der Waals surface area contributed by atoms with E-state index >= 15 is 0 Å². The van der Waals surface area contributed by atoms with Crippen LogP contribution in [0.1, 0.15) is 12.5 Å². The number of nitrogens with two attached hydrogens (primary N) is 1. The molecule has 0 aliphatic carbocycles. The Labute approximate surface area is 104 Å². The number of nitrogens with one attached hydrogen (secondary N) is 1. The topological polar surface area (TPSA) is 55.1 Å². The molecule has 0 heterocycles. The van der Waals surface area contributed by atoms with Gasteiger partial charge in [0.25, 0.3) is 0 Å². The molecule has 0 radical (unpaired) electrons. The molecule has 0 saturated heterocycles. The van der Waals surface area contributed by atoms with Crippen LogP contribution in [-0.2, 0) is 11.3 Å². The largest absolute Gasteiger partial charge is 0.351 e. The molecule has 3 N–H and O–H groups in total. The fraction of sp³-hybridized carbons (Fsp3) is 0.300. The van der Waals surface area contributed by atoms with Gasteiger partial charge in [0.05, 0.1) is 6.04 Å². The summed E-state index contributed by atoms with van der Waals surface area (Å²) in [6, 6.07) is 7.32. The van der Waals surface area contributed by atoms with Crippen molar-refractivity contribution in [2.75, 3.05) is 0 Å². The Kier molecular flexibility index (Phi) is 6.56. The van der Waals surface area contributed by atoms with Crippen LogP contribution in [0.25, 0.3) is 0 Å². The van der Waals surface area contributed by atoms with E-state index in [0.29, 0.717) is 6.54 Å². The van der Waals surface area contributed by atoms with Crippen molar-refractivity contribution in [3.8, 4) is 0 Å². The molecule has 15 heavy (non-hydrogen) atoms. The maximum Gasteiger partial charge on any atom is 0.236 e. The monoisotopic (exact) mass is 292 g/mol. The lowest BCUT2D eigenvalue weighted by Crippen LogP contribution is -2.37. The third-order valence-electron chi connectivity index (χ3n) is 1.79. The second kappa shape index (κ2) is 6.82. The van der Waals surface area contributed by atoms with E-state index in [4.69, 9.17) is 5.73 Å². The third kappa shape index (κ3) is 5.16. The zero-order valence-corrected chi connectivity index (χ0v) is 10.8. The molecule has 1 aromatic carbocycles. The molecule has 0 fully saturated rings. The highest BCUT2D eigenvalue weighted by molar-refractivity contribution is 9.10. The van der Waals surface area contributed by atoms with Crippen molar-refractivity contribution in [1.29, 1.82) is 0 Å². The number of hydrogen-bond donors (Lipinski definition) is 2. The zero-order valence-electron chi connectivity index (χ0n) is 8.37. The fourth-order valence-electron chi connectivity index (χ4n) is 0.952. The van der Waals surface area contributed by atoms with Crippen LogP contribution in [0, 0.1) is 0 Å². The maximum absolute atomic E-state index is 11.1. The summed E-state index contributed by atoms with van der Waals surface area (Å²) in [5.74, 6) is -0.132. The summed E-state index contributed by atoms with van der Waals surface area (Å²) in [7, 11) is 0. The minimum atomic E-state index is -0.453. The van der Waals surface area contributed by atoms with Crippen molar-refractivity contribution in [2.45, 2.75) is 19.5 Å². The van der Waals surface area contributed by atoms with Crippen molar-refractivity contribution < 1.29 is 4.79 Å². The summed E-state index contributed by atoms with van der Waals surface area (Å²) >= 11 is 3.34. The molecule has 84 valence electrons. The Morgan fingerprint density at radius 2 is 2.00 bits per heavy atom. The van der Waals surface area contributed by atoms with Crippen LogP contribution in [0.5, 0.6) is 0 Å². The van der Waals surface area contributed by atoms with Crippen molar-refractivity contribution in [3.63, 3.8) is 0 Å². The highest BCUT2D eigenvalue weighted by atomic mass is 79.9. The molecule has 0 saturated carbocycles. The van der Waals surface area contributed by atoms with E-state index in [1.165, 1.54) is 0 Å². The van der Waals surface area contributed by atoms with Crippen LogP contribution in [0.3, 0.4) is 0 Å². The maximum atomic E-state index is 11.1. The predicted octanol–water partition coefficient (Wildman–Crippen LogP) is 1.83. The average molecular weight is 294 g/mol. The summed E-state index contributed by atoms with van der Waals surface area (Å²) in [6.45, 7) is 2.19. The van der Waals surface area contributed by atoms with Gasteiger partial charge in [-0.2, -0.15) is 0 Å². The number of hydrogen-bond acceptors (Lipinski definition) is 2. The second-order valence-electron chi connectivity index (χ2n) is 3.13. The number of amides is 1. The molecule has 1 aromatic rings. The Morgan fingerprint density at radius 1 is 1.47 bits per heavy atom. The Hall–Kier alpha value is -0.580. The van der Waals surface area contributed by atoms with E-state index in [9.17, 15) is 4.79 Å². The molecule has 0 aliphatic heterocycles. The van der Waals surface area contributed by atoms with Gasteiger partial charge >= 0.3 is 0 Å². The summed E-state index contributed by atoms with van der Waals surface area (Å²) in [4.78, 5) is 11.1. The molecule has 1 rings (SSSR count). The van der Waals surface area contributed by atoms with Gasteiger partial charge in [-0.25, -0.2) is 0 Å². The van der Waals surface area contributed by atoms with Gasteiger partial charge in [-0.3, -0.25) is 4.79 Å². The van der Waals surface area contributed by atoms with Crippen molar-refractivity contribution in [2.24, 2.45) is 5.73 Å². The van der Waals surface area contributed by atoms with Gasteiger partial charge in [-0.05, 0) is 24.6 Å². The normalized spacial score (nSPS) is 11.4. The predicted molar refractivity (Wildman–Crippen MR) is 66.9 cm³/mol. The lowest BCUT2D eigenvalue weighted by molar-refractivity contribution is -0.122. The molecule has 0 aliphatic rings. The number of benzene rings is 1.